The minimum Gasteiger partial charge on any atom is -0.325 e. The molecule has 0 aliphatic heterocycles. The Morgan fingerprint density at radius 1 is 1.45 bits per heavy atom. The molecule has 0 radical (unpaired) electrons. The number of pyridine rings is 1. The summed E-state index contributed by atoms with van der Waals surface area (Å²) in [5, 5.41) is 6.98. The van der Waals surface area contributed by atoms with E-state index >= 15 is 0 Å². The van der Waals surface area contributed by atoms with E-state index in [-0.39, 0.29) is 5.91 Å². The average Bonchev–Trinajstić information content (AvgIpc) is 3.12. The lowest BCUT2D eigenvalue weighted by atomic mass is 10.1. The Hall–Kier alpha value is -2.43. The van der Waals surface area contributed by atoms with Crippen LogP contribution in [0.5, 0.6) is 0 Å². The molecule has 0 bridgehead atoms. The van der Waals surface area contributed by atoms with Gasteiger partial charge in [-0.2, -0.15) is 5.10 Å². The van der Waals surface area contributed by atoms with Gasteiger partial charge in [-0.25, -0.2) is 9.67 Å². The van der Waals surface area contributed by atoms with Gasteiger partial charge in [0, 0.05) is 18.8 Å². The lowest BCUT2D eigenvalue weighted by molar-refractivity contribution is -0.116. The van der Waals surface area contributed by atoms with E-state index in [4.69, 9.17) is 0 Å². The molecule has 0 aromatic carbocycles. The summed E-state index contributed by atoms with van der Waals surface area (Å²) in [5.74, 6) is 1.15. The van der Waals surface area contributed by atoms with Crippen LogP contribution in [0.1, 0.15) is 19.3 Å². The number of hydrogen-bond acceptors (Lipinski definition) is 3. The van der Waals surface area contributed by atoms with E-state index in [0.29, 0.717) is 18.0 Å². The van der Waals surface area contributed by atoms with Crippen molar-refractivity contribution in [1.82, 2.24) is 14.8 Å². The maximum atomic E-state index is 11.9. The largest absolute Gasteiger partial charge is 0.325 e. The van der Waals surface area contributed by atoms with Gasteiger partial charge in [0.1, 0.15) is 0 Å². The summed E-state index contributed by atoms with van der Waals surface area (Å²) >= 11 is 0. The molecule has 2 aromatic rings. The number of allylic oxidation sites excluding steroid dienone is 2. The Bertz CT molecular complexity index is 601. The fraction of sp³-hybridized carbons (Fsp3) is 0.267. The molecule has 0 spiro atoms. The molecule has 102 valence electrons. The molecular weight excluding hydrogens is 252 g/mol. The van der Waals surface area contributed by atoms with Crippen LogP contribution in [0.2, 0.25) is 0 Å². The van der Waals surface area contributed by atoms with Crippen molar-refractivity contribution in [2.75, 3.05) is 5.32 Å². The molecule has 1 amide bonds. The molecule has 3 rings (SSSR count). The molecular formula is C15H16N4O. The summed E-state index contributed by atoms with van der Waals surface area (Å²) < 4.78 is 1.68. The fourth-order valence-electron chi connectivity index (χ4n) is 2.32. The third kappa shape index (κ3) is 2.93. The molecule has 2 aromatic heterocycles. The predicted molar refractivity (Wildman–Crippen MR) is 76.5 cm³/mol. The number of amides is 1. The number of aromatic nitrogens is 3. The molecule has 1 aliphatic carbocycles. The molecule has 0 saturated heterocycles. The normalized spacial score (nSPS) is 17.3. The first-order valence-corrected chi connectivity index (χ1v) is 6.74. The lowest BCUT2D eigenvalue weighted by Crippen LogP contribution is -2.15. The van der Waals surface area contributed by atoms with E-state index in [1.807, 2.05) is 24.4 Å². The van der Waals surface area contributed by atoms with Gasteiger partial charge in [0.25, 0.3) is 0 Å². The van der Waals surface area contributed by atoms with Crippen LogP contribution >= 0.6 is 0 Å². The maximum absolute atomic E-state index is 11.9. The zero-order valence-corrected chi connectivity index (χ0v) is 11.1. The van der Waals surface area contributed by atoms with Gasteiger partial charge < -0.3 is 5.32 Å². The van der Waals surface area contributed by atoms with Crippen LogP contribution in [0.15, 0.2) is 48.9 Å². The van der Waals surface area contributed by atoms with Crippen molar-refractivity contribution in [3.8, 4) is 5.82 Å². The van der Waals surface area contributed by atoms with Crippen LogP contribution < -0.4 is 5.32 Å². The minimum absolute atomic E-state index is 0.0372. The number of nitrogens with zero attached hydrogens (tertiary/aromatic N) is 3. The molecule has 1 N–H and O–H groups in total. The van der Waals surface area contributed by atoms with Gasteiger partial charge in [-0.1, -0.05) is 12.2 Å². The van der Waals surface area contributed by atoms with Crippen LogP contribution in [0, 0.1) is 5.92 Å². The van der Waals surface area contributed by atoms with Crippen molar-refractivity contribution < 1.29 is 4.79 Å². The van der Waals surface area contributed by atoms with E-state index in [0.717, 1.165) is 18.7 Å². The highest BCUT2D eigenvalue weighted by Gasteiger charge is 2.14. The van der Waals surface area contributed by atoms with Gasteiger partial charge in [0.15, 0.2) is 5.82 Å². The summed E-state index contributed by atoms with van der Waals surface area (Å²) in [6.45, 7) is 0. The van der Waals surface area contributed by atoms with Gasteiger partial charge in [-0.05, 0) is 37.0 Å². The zero-order chi connectivity index (χ0) is 13.8. The third-order valence-electron chi connectivity index (χ3n) is 3.33. The number of nitrogens with one attached hydrogen (secondary N) is 1. The maximum Gasteiger partial charge on any atom is 0.225 e. The van der Waals surface area contributed by atoms with Crippen LogP contribution in [0.3, 0.4) is 0 Å². The molecule has 5 heteroatoms. The van der Waals surface area contributed by atoms with Crippen LogP contribution in [-0.2, 0) is 4.79 Å². The van der Waals surface area contributed by atoms with E-state index in [9.17, 15) is 4.79 Å². The standard InChI is InChI=1S/C15H16N4O/c20-15(10-12-4-1-2-5-12)18-13-6-7-14(16-11-13)19-9-3-8-17-19/h1,3-4,6-9,11-12H,2,5,10H2,(H,18,20)/t12-/m1/s1. The highest BCUT2D eigenvalue weighted by molar-refractivity contribution is 5.90. The molecule has 1 aliphatic rings. The second kappa shape index (κ2) is 5.69. The summed E-state index contributed by atoms with van der Waals surface area (Å²) in [5.41, 5.74) is 0.716. The predicted octanol–water partition coefficient (Wildman–Crippen LogP) is 2.56. The molecule has 5 nitrogen and oxygen atoms in total. The number of carbonyl (C=O) groups excluding carboxylic acids is 1. The smallest absolute Gasteiger partial charge is 0.225 e. The highest BCUT2D eigenvalue weighted by Crippen LogP contribution is 2.21. The summed E-state index contributed by atoms with van der Waals surface area (Å²) in [6, 6.07) is 5.51. The van der Waals surface area contributed by atoms with Crippen molar-refractivity contribution >= 4 is 11.6 Å². The lowest BCUT2D eigenvalue weighted by Gasteiger charge is -2.09. The Balaban J connectivity index is 1.60. The van der Waals surface area contributed by atoms with Crippen molar-refractivity contribution in [1.29, 1.82) is 0 Å². The molecule has 20 heavy (non-hydrogen) atoms. The Morgan fingerprint density at radius 2 is 2.40 bits per heavy atom. The van der Waals surface area contributed by atoms with E-state index in [1.165, 1.54) is 0 Å². The zero-order valence-electron chi connectivity index (χ0n) is 11.1. The SMILES string of the molecule is O=C(C[C@@H]1C=CCC1)Nc1ccc(-n2cccn2)nc1. The van der Waals surface area contributed by atoms with Crippen molar-refractivity contribution in [3.05, 3.63) is 48.9 Å². The third-order valence-corrected chi connectivity index (χ3v) is 3.33. The Labute approximate surface area is 117 Å². The number of rotatable bonds is 4. The van der Waals surface area contributed by atoms with Crippen LogP contribution in [0.25, 0.3) is 5.82 Å². The Kier molecular flexibility index (Phi) is 3.58. The van der Waals surface area contributed by atoms with Crippen molar-refractivity contribution in [2.24, 2.45) is 5.92 Å². The van der Waals surface area contributed by atoms with Crippen molar-refractivity contribution in [3.63, 3.8) is 0 Å². The van der Waals surface area contributed by atoms with Gasteiger partial charge in [0.05, 0.1) is 11.9 Å². The summed E-state index contributed by atoms with van der Waals surface area (Å²) in [4.78, 5) is 16.2. The molecule has 2 heterocycles. The van der Waals surface area contributed by atoms with E-state index in [1.54, 1.807) is 17.1 Å². The van der Waals surface area contributed by atoms with Crippen LogP contribution in [0.4, 0.5) is 5.69 Å². The van der Waals surface area contributed by atoms with Gasteiger partial charge >= 0.3 is 0 Å². The van der Waals surface area contributed by atoms with Gasteiger partial charge in [-0.3, -0.25) is 4.79 Å². The quantitative estimate of drug-likeness (QED) is 0.867. The summed E-state index contributed by atoms with van der Waals surface area (Å²) in [7, 11) is 0. The first kappa shape index (κ1) is 12.6. The summed E-state index contributed by atoms with van der Waals surface area (Å²) in [6.07, 6.45) is 12.1. The monoisotopic (exact) mass is 268 g/mol. The number of hydrogen-bond donors (Lipinski definition) is 1. The number of anilines is 1. The molecule has 0 saturated carbocycles. The minimum atomic E-state index is 0.0372. The molecule has 1 atom stereocenters. The first-order chi connectivity index (χ1) is 9.81. The van der Waals surface area contributed by atoms with Gasteiger partial charge in [0.2, 0.25) is 5.91 Å². The van der Waals surface area contributed by atoms with Crippen molar-refractivity contribution in [2.45, 2.75) is 19.3 Å². The highest BCUT2D eigenvalue weighted by atomic mass is 16.1. The fourth-order valence-corrected chi connectivity index (χ4v) is 2.32. The van der Waals surface area contributed by atoms with E-state index in [2.05, 4.69) is 27.6 Å². The van der Waals surface area contributed by atoms with Gasteiger partial charge in [-0.15, -0.1) is 0 Å². The Morgan fingerprint density at radius 3 is 3.05 bits per heavy atom. The van der Waals surface area contributed by atoms with Crippen LogP contribution in [-0.4, -0.2) is 20.7 Å². The van der Waals surface area contributed by atoms with E-state index < -0.39 is 0 Å². The second-order valence-electron chi connectivity index (χ2n) is 4.87. The molecule has 0 fully saturated rings. The molecule has 0 unspecified atom stereocenters. The number of carbonyl (C=O) groups is 1. The first-order valence-electron chi connectivity index (χ1n) is 6.74. The average molecular weight is 268 g/mol. The topological polar surface area (TPSA) is 59.8 Å². The second-order valence-corrected chi connectivity index (χ2v) is 4.87.